The predicted molar refractivity (Wildman–Crippen MR) is 119 cm³/mol. The van der Waals surface area contributed by atoms with Crippen LogP contribution in [0.1, 0.15) is 18.4 Å². The van der Waals surface area contributed by atoms with E-state index in [1.165, 1.54) is 0 Å². The highest BCUT2D eigenvalue weighted by Gasteiger charge is 2.31. The minimum Gasteiger partial charge on any atom is -0.490 e. The maximum atomic E-state index is 12.5. The monoisotopic (exact) mass is 458 g/mol. The van der Waals surface area contributed by atoms with Gasteiger partial charge in [0.15, 0.2) is 0 Å². The zero-order valence-electron chi connectivity index (χ0n) is 16.8. The second-order valence-electron chi connectivity index (χ2n) is 7.52. The summed E-state index contributed by atoms with van der Waals surface area (Å²) in [7, 11) is 0. The third kappa shape index (κ3) is 5.42. The van der Waals surface area contributed by atoms with Crippen molar-refractivity contribution < 1.29 is 19.1 Å². The molecule has 0 spiro atoms. The van der Waals surface area contributed by atoms with Gasteiger partial charge in [-0.05, 0) is 48.4 Å². The van der Waals surface area contributed by atoms with Crippen LogP contribution in [0.3, 0.4) is 0 Å². The third-order valence-corrected chi connectivity index (χ3v) is 7.19. The Kier molecular flexibility index (Phi) is 6.85. The largest absolute Gasteiger partial charge is 0.490 e. The molecule has 1 atom stereocenters. The summed E-state index contributed by atoms with van der Waals surface area (Å²) in [6.07, 6.45) is 3.42. The van der Waals surface area contributed by atoms with Gasteiger partial charge in [-0.3, -0.25) is 24.6 Å². The number of piperidine rings is 1. The second-order valence-corrected chi connectivity index (χ2v) is 9.54. The first-order chi connectivity index (χ1) is 15.0. The van der Waals surface area contributed by atoms with Gasteiger partial charge in [0.25, 0.3) is 11.1 Å². The number of rotatable bonds is 5. The van der Waals surface area contributed by atoms with Gasteiger partial charge < -0.3 is 9.64 Å². The number of carbonyl (C=O) groups excluding carboxylic acids is 3. The van der Waals surface area contributed by atoms with E-state index in [1.54, 1.807) is 22.7 Å². The highest BCUT2D eigenvalue weighted by atomic mass is 32.2. The molecule has 3 saturated heterocycles. The van der Waals surface area contributed by atoms with Gasteiger partial charge in [-0.2, -0.15) is 5.26 Å². The summed E-state index contributed by atoms with van der Waals surface area (Å²) < 4.78 is 6.08. The van der Waals surface area contributed by atoms with Crippen LogP contribution in [0.4, 0.5) is 4.79 Å². The average molecular weight is 459 g/mol. The summed E-state index contributed by atoms with van der Waals surface area (Å²) in [4.78, 5) is 39.5. The predicted octanol–water partition coefficient (Wildman–Crippen LogP) is 2.28. The Hall–Kier alpha value is -2.48. The Morgan fingerprint density at radius 3 is 2.65 bits per heavy atom. The SMILES string of the molecule is N#C[C@@H]1CSCN1C(=O)CN1CCC(Oc2ccc(/C=C3/SC(=O)NC3=O)cc2)CC1. The van der Waals surface area contributed by atoms with Crippen molar-refractivity contribution in [2.24, 2.45) is 0 Å². The van der Waals surface area contributed by atoms with Crippen LogP contribution in [0.5, 0.6) is 5.75 Å². The Morgan fingerprint density at radius 1 is 1.26 bits per heavy atom. The highest BCUT2D eigenvalue weighted by molar-refractivity contribution is 8.18. The lowest BCUT2D eigenvalue weighted by molar-refractivity contribution is -0.132. The van der Waals surface area contributed by atoms with Gasteiger partial charge in [0.1, 0.15) is 17.9 Å². The number of nitriles is 1. The zero-order valence-corrected chi connectivity index (χ0v) is 18.4. The molecule has 0 aliphatic carbocycles. The normalized spacial score (nSPS) is 23.8. The molecule has 3 aliphatic rings. The molecule has 1 aromatic rings. The number of ether oxygens (including phenoxy) is 1. The molecule has 162 valence electrons. The van der Waals surface area contributed by atoms with Crippen molar-refractivity contribution in [2.45, 2.75) is 25.0 Å². The molecule has 10 heteroatoms. The first kappa shape index (κ1) is 21.7. The zero-order chi connectivity index (χ0) is 21.8. The van der Waals surface area contributed by atoms with Crippen molar-refractivity contribution in [1.29, 1.82) is 5.26 Å². The second kappa shape index (κ2) is 9.77. The summed E-state index contributed by atoms with van der Waals surface area (Å²) in [5.41, 5.74) is 0.823. The summed E-state index contributed by atoms with van der Waals surface area (Å²) >= 11 is 2.52. The number of hydrogen-bond acceptors (Lipinski definition) is 8. The van der Waals surface area contributed by atoms with Crippen molar-refractivity contribution >= 4 is 46.7 Å². The molecule has 0 radical (unpaired) electrons. The molecule has 3 aliphatic heterocycles. The summed E-state index contributed by atoms with van der Waals surface area (Å²) in [5.74, 6) is 1.70. The van der Waals surface area contributed by atoms with E-state index < -0.39 is 0 Å². The minimum atomic E-state index is -0.368. The van der Waals surface area contributed by atoms with Crippen LogP contribution in [0.15, 0.2) is 29.2 Å². The van der Waals surface area contributed by atoms with Crippen LogP contribution in [0, 0.1) is 11.3 Å². The lowest BCUT2D eigenvalue weighted by Crippen LogP contribution is -2.46. The Labute approximate surface area is 189 Å². The minimum absolute atomic E-state index is 0.0245. The van der Waals surface area contributed by atoms with Crippen molar-refractivity contribution in [3.63, 3.8) is 0 Å². The molecule has 1 N–H and O–H groups in total. The van der Waals surface area contributed by atoms with Crippen LogP contribution >= 0.6 is 23.5 Å². The van der Waals surface area contributed by atoms with E-state index in [0.29, 0.717) is 23.1 Å². The van der Waals surface area contributed by atoms with Crippen LogP contribution < -0.4 is 10.1 Å². The Balaban J connectivity index is 1.24. The molecule has 4 rings (SSSR count). The van der Waals surface area contributed by atoms with E-state index in [4.69, 9.17) is 10.00 Å². The molecular formula is C21H22N4O4S2. The van der Waals surface area contributed by atoms with Gasteiger partial charge in [-0.25, -0.2) is 0 Å². The van der Waals surface area contributed by atoms with Gasteiger partial charge in [-0.1, -0.05) is 12.1 Å². The number of likely N-dealkylation sites (tertiary alicyclic amines) is 1. The molecule has 3 heterocycles. The fraction of sp³-hybridized carbons (Fsp3) is 0.429. The molecule has 1 aromatic carbocycles. The lowest BCUT2D eigenvalue weighted by Gasteiger charge is -2.32. The fourth-order valence-electron chi connectivity index (χ4n) is 3.67. The third-order valence-electron chi connectivity index (χ3n) is 5.37. The summed E-state index contributed by atoms with van der Waals surface area (Å²) in [6, 6.07) is 9.31. The molecule has 0 bridgehead atoms. The van der Waals surface area contributed by atoms with Gasteiger partial charge in [0.2, 0.25) is 5.91 Å². The molecular weight excluding hydrogens is 436 g/mol. The van der Waals surface area contributed by atoms with Crippen molar-refractivity contribution in [3.05, 3.63) is 34.7 Å². The quantitative estimate of drug-likeness (QED) is 0.671. The molecule has 3 fully saturated rings. The first-order valence-corrected chi connectivity index (χ1v) is 12.0. The highest BCUT2D eigenvalue weighted by Crippen LogP contribution is 2.27. The van der Waals surface area contributed by atoms with Crippen LogP contribution in [0.2, 0.25) is 0 Å². The van der Waals surface area contributed by atoms with E-state index in [9.17, 15) is 14.4 Å². The molecule has 3 amide bonds. The number of imide groups is 1. The molecule has 31 heavy (non-hydrogen) atoms. The van der Waals surface area contributed by atoms with Crippen molar-refractivity contribution in [1.82, 2.24) is 15.1 Å². The number of hydrogen-bond donors (Lipinski definition) is 1. The maximum Gasteiger partial charge on any atom is 0.290 e. The van der Waals surface area contributed by atoms with E-state index in [-0.39, 0.29) is 29.2 Å². The van der Waals surface area contributed by atoms with Crippen molar-refractivity contribution in [3.8, 4) is 11.8 Å². The van der Waals surface area contributed by atoms with Crippen LogP contribution in [0.25, 0.3) is 6.08 Å². The smallest absolute Gasteiger partial charge is 0.290 e. The topological polar surface area (TPSA) is 103 Å². The first-order valence-electron chi connectivity index (χ1n) is 10.0. The number of nitrogens with one attached hydrogen (secondary N) is 1. The number of benzene rings is 1. The maximum absolute atomic E-state index is 12.5. The molecule has 0 saturated carbocycles. The number of carbonyl (C=O) groups is 3. The van der Waals surface area contributed by atoms with E-state index >= 15 is 0 Å². The Bertz CT molecular complexity index is 936. The summed E-state index contributed by atoms with van der Waals surface area (Å²) in [6.45, 7) is 1.90. The number of thioether (sulfide) groups is 2. The summed E-state index contributed by atoms with van der Waals surface area (Å²) in [5, 5.41) is 11.0. The van der Waals surface area contributed by atoms with E-state index in [2.05, 4.69) is 16.3 Å². The van der Waals surface area contributed by atoms with Gasteiger partial charge in [0.05, 0.1) is 23.4 Å². The molecule has 0 unspecified atom stereocenters. The van der Waals surface area contributed by atoms with Crippen LogP contribution in [-0.4, -0.2) is 70.3 Å². The molecule has 0 aromatic heterocycles. The average Bonchev–Trinajstić information content (AvgIpc) is 3.36. The Morgan fingerprint density at radius 2 is 2.00 bits per heavy atom. The van der Waals surface area contributed by atoms with Gasteiger partial charge in [-0.15, -0.1) is 11.8 Å². The van der Waals surface area contributed by atoms with Gasteiger partial charge >= 0.3 is 0 Å². The lowest BCUT2D eigenvalue weighted by atomic mass is 10.1. The van der Waals surface area contributed by atoms with E-state index in [0.717, 1.165) is 49.0 Å². The fourth-order valence-corrected chi connectivity index (χ4v) is 5.46. The standard InChI is InChI=1S/C21H22N4O4S2/c22-10-15-12-30-13-25(15)19(26)11-24-7-5-17(6-8-24)29-16-3-1-14(2-4-16)9-18-20(27)23-21(28)31-18/h1-4,9,15,17H,5-8,11-13H2,(H,23,27,28)/b18-9+/t15-/m1/s1. The van der Waals surface area contributed by atoms with Crippen molar-refractivity contribution in [2.75, 3.05) is 31.3 Å². The number of nitrogens with zero attached hydrogens (tertiary/aromatic N) is 3. The number of amides is 3. The van der Waals surface area contributed by atoms with Gasteiger partial charge in [0, 0.05) is 18.8 Å². The van der Waals surface area contributed by atoms with Crippen LogP contribution in [-0.2, 0) is 9.59 Å². The molecule has 8 nitrogen and oxygen atoms in total. The van der Waals surface area contributed by atoms with E-state index in [1.807, 2.05) is 24.3 Å².